The Hall–Kier alpha value is -1.88. The molecular weight excluding hydrogens is 282 g/mol. The largest absolute Gasteiger partial charge is 0.325 e. The second-order valence-electron chi connectivity index (χ2n) is 4.76. The van der Waals surface area contributed by atoms with Crippen molar-refractivity contribution in [3.05, 3.63) is 48.3 Å². The van der Waals surface area contributed by atoms with E-state index in [9.17, 15) is 4.79 Å². The average Bonchev–Trinajstić information content (AvgIpc) is 2.54. The fourth-order valence-corrected chi connectivity index (χ4v) is 2.54. The van der Waals surface area contributed by atoms with Crippen molar-refractivity contribution in [1.82, 2.24) is 9.97 Å². The second kappa shape index (κ2) is 7.78. The van der Waals surface area contributed by atoms with E-state index in [1.807, 2.05) is 18.2 Å². The summed E-state index contributed by atoms with van der Waals surface area (Å²) in [4.78, 5) is 20.2. The van der Waals surface area contributed by atoms with Gasteiger partial charge in [-0.05, 0) is 30.0 Å². The van der Waals surface area contributed by atoms with Crippen molar-refractivity contribution in [3.8, 4) is 0 Å². The van der Waals surface area contributed by atoms with Crippen LogP contribution in [-0.2, 0) is 4.79 Å². The molecule has 2 aromatic rings. The van der Waals surface area contributed by atoms with Gasteiger partial charge < -0.3 is 5.32 Å². The highest BCUT2D eigenvalue weighted by Gasteiger charge is 2.11. The minimum Gasteiger partial charge on any atom is -0.325 e. The van der Waals surface area contributed by atoms with Crippen LogP contribution in [0.5, 0.6) is 0 Å². The van der Waals surface area contributed by atoms with E-state index in [4.69, 9.17) is 0 Å². The number of nitrogens with zero attached hydrogens (tertiary/aromatic N) is 2. The van der Waals surface area contributed by atoms with Crippen LogP contribution in [0.15, 0.2) is 47.9 Å². The summed E-state index contributed by atoms with van der Waals surface area (Å²) in [5.41, 5.74) is 2.07. The zero-order chi connectivity index (χ0) is 15.1. The highest BCUT2D eigenvalue weighted by Crippen LogP contribution is 2.26. The first kappa shape index (κ1) is 15.5. The molecule has 1 aromatic carbocycles. The molecule has 0 aliphatic carbocycles. The quantitative estimate of drug-likeness (QED) is 0.652. The molecule has 0 aliphatic rings. The molecule has 0 spiro atoms. The number of carbonyl (C=O) groups excluding carboxylic acids is 1. The number of aromatic nitrogens is 2. The smallest absolute Gasteiger partial charge is 0.234 e. The van der Waals surface area contributed by atoms with Crippen molar-refractivity contribution in [2.75, 3.05) is 11.1 Å². The maximum atomic E-state index is 12.1. The van der Waals surface area contributed by atoms with Gasteiger partial charge in [-0.15, -0.1) is 0 Å². The van der Waals surface area contributed by atoms with Gasteiger partial charge in [0.2, 0.25) is 5.91 Å². The molecular formula is C16H19N3OS. The first-order chi connectivity index (χ1) is 10.2. The minimum atomic E-state index is -0.0387. The van der Waals surface area contributed by atoms with E-state index in [0.29, 0.717) is 16.8 Å². The van der Waals surface area contributed by atoms with Crippen LogP contribution in [0.2, 0.25) is 0 Å². The van der Waals surface area contributed by atoms with E-state index in [1.54, 1.807) is 18.5 Å². The molecule has 1 amide bonds. The van der Waals surface area contributed by atoms with Crippen molar-refractivity contribution in [2.45, 2.75) is 31.3 Å². The summed E-state index contributed by atoms with van der Waals surface area (Å²) in [6.07, 6.45) is 4.39. The zero-order valence-electron chi connectivity index (χ0n) is 12.2. The van der Waals surface area contributed by atoms with Crippen LogP contribution in [0.3, 0.4) is 0 Å². The number of thioether (sulfide) groups is 1. The lowest BCUT2D eigenvalue weighted by Gasteiger charge is -2.15. The Morgan fingerprint density at radius 1 is 1.24 bits per heavy atom. The van der Waals surface area contributed by atoms with E-state index in [0.717, 1.165) is 12.1 Å². The van der Waals surface area contributed by atoms with Crippen molar-refractivity contribution < 1.29 is 4.79 Å². The molecule has 1 aromatic heterocycles. The molecule has 4 nitrogen and oxygen atoms in total. The van der Waals surface area contributed by atoms with Gasteiger partial charge in [0.25, 0.3) is 0 Å². The number of para-hydroxylation sites is 1. The summed E-state index contributed by atoms with van der Waals surface area (Å²) in [5.74, 6) is 0.689. The molecule has 0 unspecified atom stereocenters. The zero-order valence-corrected chi connectivity index (χ0v) is 13.1. The molecule has 0 saturated heterocycles. The molecule has 21 heavy (non-hydrogen) atoms. The minimum absolute atomic E-state index is 0.0387. The van der Waals surface area contributed by atoms with Crippen LogP contribution in [0, 0.1) is 0 Å². The lowest BCUT2D eigenvalue weighted by molar-refractivity contribution is -0.113. The Morgan fingerprint density at radius 3 is 2.67 bits per heavy atom. The number of hydrogen-bond acceptors (Lipinski definition) is 4. The first-order valence-electron chi connectivity index (χ1n) is 6.99. The van der Waals surface area contributed by atoms with Gasteiger partial charge in [-0.25, -0.2) is 9.97 Å². The van der Waals surface area contributed by atoms with Crippen LogP contribution >= 0.6 is 11.8 Å². The third kappa shape index (κ3) is 4.56. The van der Waals surface area contributed by atoms with Gasteiger partial charge in [-0.1, -0.05) is 43.8 Å². The van der Waals surface area contributed by atoms with Gasteiger partial charge in [0.05, 0.1) is 5.75 Å². The van der Waals surface area contributed by atoms with E-state index >= 15 is 0 Å². The SMILES string of the molecule is CC[C@H](C)c1ccccc1NC(=O)CSc1ncccn1. The van der Waals surface area contributed by atoms with Crippen molar-refractivity contribution in [3.63, 3.8) is 0 Å². The van der Waals surface area contributed by atoms with E-state index in [1.165, 1.54) is 17.3 Å². The van der Waals surface area contributed by atoms with Gasteiger partial charge in [0.1, 0.15) is 0 Å². The number of benzene rings is 1. The highest BCUT2D eigenvalue weighted by molar-refractivity contribution is 7.99. The number of amides is 1. The number of carbonyl (C=O) groups is 1. The second-order valence-corrected chi connectivity index (χ2v) is 5.71. The van der Waals surface area contributed by atoms with Crippen molar-refractivity contribution in [1.29, 1.82) is 0 Å². The Kier molecular flexibility index (Phi) is 5.75. The molecule has 0 fully saturated rings. The maximum Gasteiger partial charge on any atom is 0.234 e. The standard InChI is InChI=1S/C16H19N3OS/c1-3-12(2)13-7-4-5-8-14(13)19-15(20)11-21-16-17-9-6-10-18-16/h4-10,12H,3,11H2,1-2H3,(H,19,20)/t12-/m0/s1. The lowest BCUT2D eigenvalue weighted by Crippen LogP contribution is -2.16. The van der Waals surface area contributed by atoms with Crippen molar-refractivity contribution >= 4 is 23.4 Å². The fourth-order valence-electron chi connectivity index (χ4n) is 1.94. The van der Waals surface area contributed by atoms with Crippen LogP contribution in [0.4, 0.5) is 5.69 Å². The van der Waals surface area contributed by atoms with E-state index in [2.05, 4.69) is 35.2 Å². The molecule has 0 saturated carbocycles. The van der Waals surface area contributed by atoms with Gasteiger partial charge in [-0.2, -0.15) is 0 Å². The van der Waals surface area contributed by atoms with Crippen molar-refractivity contribution in [2.24, 2.45) is 0 Å². The third-order valence-corrected chi connectivity index (χ3v) is 4.13. The van der Waals surface area contributed by atoms with Crippen LogP contribution in [0.1, 0.15) is 31.7 Å². The van der Waals surface area contributed by atoms with E-state index < -0.39 is 0 Å². The van der Waals surface area contributed by atoms with Gasteiger partial charge in [-0.3, -0.25) is 4.79 Å². The van der Waals surface area contributed by atoms with Gasteiger partial charge in [0, 0.05) is 18.1 Å². The molecule has 2 rings (SSSR count). The normalized spacial score (nSPS) is 11.9. The molecule has 0 aliphatic heterocycles. The predicted molar refractivity (Wildman–Crippen MR) is 86.5 cm³/mol. The molecule has 1 N–H and O–H groups in total. The Bertz CT molecular complexity index is 589. The monoisotopic (exact) mass is 301 g/mol. The molecule has 110 valence electrons. The molecule has 5 heteroatoms. The molecule has 1 heterocycles. The van der Waals surface area contributed by atoms with Crippen LogP contribution in [0.25, 0.3) is 0 Å². The average molecular weight is 301 g/mol. The predicted octanol–water partition coefficient (Wildman–Crippen LogP) is 3.72. The fraction of sp³-hybridized carbons (Fsp3) is 0.312. The third-order valence-electron chi connectivity index (χ3n) is 3.25. The number of nitrogens with one attached hydrogen (secondary N) is 1. The Balaban J connectivity index is 1.97. The summed E-state index contributed by atoms with van der Waals surface area (Å²) in [6.45, 7) is 4.31. The van der Waals surface area contributed by atoms with Gasteiger partial charge in [0.15, 0.2) is 5.16 Å². The summed E-state index contributed by atoms with van der Waals surface area (Å²) in [7, 11) is 0. The lowest BCUT2D eigenvalue weighted by atomic mass is 9.97. The molecule has 0 bridgehead atoms. The summed E-state index contributed by atoms with van der Waals surface area (Å²) < 4.78 is 0. The number of rotatable bonds is 6. The topological polar surface area (TPSA) is 54.9 Å². The highest BCUT2D eigenvalue weighted by atomic mass is 32.2. The first-order valence-corrected chi connectivity index (χ1v) is 7.98. The summed E-state index contributed by atoms with van der Waals surface area (Å²) in [6, 6.07) is 9.71. The molecule has 1 atom stereocenters. The number of anilines is 1. The van der Waals surface area contributed by atoms with Crippen LogP contribution in [-0.4, -0.2) is 21.6 Å². The number of hydrogen-bond donors (Lipinski definition) is 1. The van der Waals surface area contributed by atoms with Gasteiger partial charge >= 0.3 is 0 Å². The molecule has 0 radical (unpaired) electrons. The maximum absolute atomic E-state index is 12.1. The summed E-state index contributed by atoms with van der Waals surface area (Å²) >= 11 is 1.33. The van der Waals surface area contributed by atoms with Crippen LogP contribution < -0.4 is 5.32 Å². The Morgan fingerprint density at radius 2 is 1.95 bits per heavy atom. The summed E-state index contributed by atoms with van der Waals surface area (Å²) in [5, 5.41) is 3.59. The Labute approximate surface area is 129 Å². The van der Waals surface area contributed by atoms with E-state index in [-0.39, 0.29) is 5.91 Å².